The minimum absolute atomic E-state index is 0.161. The molecule has 1 aromatic heterocycles. The van der Waals surface area contributed by atoms with Crippen LogP contribution in [0.4, 0.5) is 5.82 Å². The van der Waals surface area contributed by atoms with Crippen molar-refractivity contribution >= 4 is 29.0 Å². The highest BCUT2D eigenvalue weighted by atomic mass is 32.1. The lowest BCUT2D eigenvalue weighted by Crippen LogP contribution is -2.18. The van der Waals surface area contributed by atoms with E-state index in [4.69, 9.17) is 18.0 Å². The summed E-state index contributed by atoms with van der Waals surface area (Å²) in [5, 5.41) is 2.92. The summed E-state index contributed by atoms with van der Waals surface area (Å²) in [6.07, 6.45) is 3.26. The van der Waals surface area contributed by atoms with E-state index >= 15 is 0 Å². The number of thiocarbonyl (C=S) groups is 1. The Bertz CT molecular complexity index is 397. The van der Waals surface area contributed by atoms with E-state index in [0.29, 0.717) is 18.1 Å². The number of ether oxygens (including phenoxy) is 1. The first-order chi connectivity index (χ1) is 7.65. The van der Waals surface area contributed by atoms with E-state index in [9.17, 15) is 4.79 Å². The fourth-order valence-electron chi connectivity index (χ4n) is 1.03. The van der Waals surface area contributed by atoms with Crippen molar-refractivity contribution in [3.8, 4) is 0 Å². The number of esters is 1. The molecule has 0 aromatic carbocycles. The monoisotopic (exact) mass is 240 g/mol. The van der Waals surface area contributed by atoms with Crippen molar-refractivity contribution in [3.05, 3.63) is 18.1 Å². The fourth-order valence-corrected chi connectivity index (χ4v) is 1.18. The zero-order valence-corrected chi connectivity index (χ0v) is 9.58. The van der Waals surface area contributed by atoms with Crippen LogP contribution >= 0.6 is 12.2 Å². The summed E-state index contributed by atoms with van der Waals surface area (Å²) in [7, 11) is 1.34. The van der Waals surface area contributed by atoms with Crippen LogP contribution in [0.5, 0.6) is 0 Å². The first-order valence-corrected chi connectivity index (χ1v) is 4.97. The predicted molar refractivity (Wildman–Crippen MR) is 63.0 cm³/mol. The summed E-state index contributed by atoms with van der Waals surface area (Å²) in [5.41, 5.74) is 5.89. The molecule has 0 aliphatic heterocycles. The maximum Gasteiger partial charge on any atom is 0.307 e. The molecule has 0 fully saturated rings. The van der Waals surface area contributed by atoms with Crippen LogP contribution in [-0.4, -0.2) is 34.6 Å². The molecule has 1 rings (SSSR count). The minimum atomic E-state index is -0.298. The van der Waals surface area contributed by atoms with Gasteiger partial charge in [0.05, 0.1) is 13.5 Å². The normalized spacial score (nSPS) is 9.56. The first kappa shape index (κ1) is 12.3. The second-order valence-corrected chi connectivity index (χ2v) is 3.31. The van der Waals surface area contributed by atoms with Gasteiger partial charge in [-0.1, -0.05) is 12.2 Å². The number of hydrogen-bond donors (Lipinski definition) is 2. The summed E-state index contributed by atoms with van der Waals surface area (Å²) in [6, 6.07) is 0. The minimum Gasteiger partial charge on any atom is -0.469 e. The molecule has 1 aromatic rings. The first-order valence-electron chi connectivity index (χ1n) is 4.56. The van der Waals surface area contributed by atoms with Crippen molar-refractivity contribution in [1.29, 1.82) is 0 Å². The fraction of sp³-hybridized carbons (Fsp3) is 0.333. The van der Waals surface area contributed by atoms with E-state index in [0.717, 1.165) is 0 Å². The average molecular weight is 240 g/mol. The standard InChI is InChI=1S/C9H12N4O2S/c1-15-6(14)2-3-12-9-7(8(10)16)11-4-5-13-9/h4-5H,2-3H2,1H3,(H2,10,16)(H,12,13). The van der Waals surface area contributed by atoms with Crippen LogP contribution < -0.4 is 11.1 Å². The van der Waals surface area contributed by atoms with Crippen molar-refractivity contribution < 1.29 is 9.53 Å². The molecule has 6 nitrogen and oxygen atoms in total. The van der Waals surface area contributed by atoms with Gasteiger partial charge in [-0.05, 0) is 0 Å². The van der Waals surface area contributed by atoms with Gasteiger partial charge in [-0.3, -0.25) is 4.79 Å². The molecule has 0 atom stereocenters. The van der Waals surface area contributed by atoms with Crippen molar-refractivity contribution in [2.45, 2.75) is 6.42 Å². The van der Waals surface area contributed by atoms with Crippen LogP contribution in [-0.2, 0) is 9.53 Å². The molecule has 0 spiro atoms. The summed E-state index contributed by atoms with van der Waals surface area (Å²) >= 11 is 4.82. The molecule has 3 N–H and O–H groups in total. The Morgan fingerprint density at radius 3 is 2.88 bits per heavy atom. The summed E-state index contributed by atoms with van der Waals surface area (Å²) in [5.74, 6) is 0.173. The van der Waals surface area contributed by atoms with Gasteiger partial charge in [0.1, 0.15) is 10.7 Å². The largest absolute Gasteiger partial charge is 0.469 e. The van der Waals surface area contributed by atoms with Crippen molar-refractivity contribution in [1.82, 2.24) is 9.97 Å². The van der Waals surface area contributed by atoms with Gasteiger partial charge in [-0.25, -0.2) is 9.97 Å². The van der Waals surface area contributed by atoms with Gasteiger partial charge in [0.15, 0.2) is 5.82 Å². The molecule has 0 amide bonds. The maximum atomic E-state index is 10.9. The van der Waals surface area contributed by atoms with E-state index in [-0.39, 0.29) is 17.4 Å². The van der Waals surface area contributed by atoms with Crippen LogP contribution in [0.2, 0.25) is 0 Å². The van der Waals surface area contributed by atoms with Crippen LogP contribution in [0, 0.1) is 0 Å². The number of nitrogens with one attached hydrogen (secondary N) is 1. The van der Waals surface area contributed by atoms with Crippen molar-refractivity contribution in [2.24, 2.45) is 5.73 Å². The zero-order valence-electron chi connectivity index (χ0n) is 8.77. The number of methoxy groups -OCH3 is 1. The van der Waals surface area contributed by atoms with Gasteiger partial charge in [0.2, 0.25) is 0 Å². The molecule has 1 heterocycles. The van der Waals surface area contributed by atoms with Crippen LogP contribution in [0.25, 0.3) is 0 Å². The number of aromatic nitrogens is 2. The number of nitrogens with zero attached hydrogens (tertiary/aromatic N) is 2. The molecular formula is C9H12N4O2S. The number of anilines is 1. The molecule has 16 heavy (non-hydrogen) atoms. The third-order valence-electron chi connectivity index (χ3n) is 1.78. The quantitative estimate of drug-likeness (QED) is 0.556. The lowest BCUT2D eigenvalue weighted by molar-refractivity contribution is -0.140. The van der Waals surface area contributed by atoms with Crippen molar-refractivity contribution in [2.75, 3.05) is 19.0 Å². The summed E-state index contributed by atoms with van der Waals surface area (Å²) < 4.78 is 4.50. The summed E-state index contributed by atoms with van der Waals surface area (Å²) in [4.78, 5) is 19.1. The van der Waals surface area contributed by atoms with E-state index < -0.39 is 0 Å². The Hall–Kier alpha value is -1.76. The SMILES string of the molecule is COC(=O)CCNc1nccnc1C(N)=S. The smallest absolute Gasteiger partial charge is 0.307 e. The van der Waals surface area contributed by atoms with Gasteiger partial charge < -0.3 is 15.8 Å². The highest BCUT2D eigenvalue weighted by Gasteiger charge is 2.07. The molecule has 0 radical (unpaired) electrons. The molecule has 86 valence electrons. The van der Waals surface area contributed by atoms with E-state index in [1.165, 1.54) is 19.5 Å². The van der Waals surface area contributed by atoms with Gasteiger partial charge in [0, 0.05) is 18.9 Å². The van der Waals surface area contributed by atoms with E-state index in [1.807, 2.05) is 0 Å². The van der Waals surface area contributed by atoms with Gasteiger partial charge >= 0.3 is 5.97 Å². The van der Waals surface area contributed by atoms with Gasteiger partial charge in [-0.15, -0.1) is 0 Å². The number of rotatable bonds is 5. The highest BCUT2D eigenvalue weighted by molar-refractivity contribution is 7.80. The molecule has 0 aliphatic rings. The third kappa shape index (κ3) is 3.43. The number of carbonyl (C=O) groups excluding carboxylic acids is 1. The Balaban J connectivity index is 2.60. The predicted octanol–water partition coefficient (Wildman–Crippen LogP) is 0.0858. The lowest BCUT2D eigenvalue weighted by Gasteiger charge is -2.07. The van der Waals surface area contributed by atoms with Crippen LogP contribution in [0.1, 0.15) is 12.1 Å². The van der Waals surface area contributed by atoms with Crippen molar-refractivity contribution in [3.63, 3.8) is 0 Å². The second kappa shape index (κ2) is 5.96. The Morgan fingerprint density at radius 2 is 2.25 bits per heavy atom. The van der Waals surface area contributed by atoms with E-state index in [2.05, 4.69) is 20.0 Å². The zero-order chi connectivity index (χ0) is 12.0. The number of carbonyl (C=O) groups is 1. The topological polar surface area (TPSA) is 90.1 Å². The lowest BCUT2D eigenvalue weighted by atomic mass is 10.3. The maximum absolute atomic E-state index is 10.9. The molecule has 0 saturated carbocycles. The second-order valence-electron chi connectivity index (χ2n) is 2.87. The molecule has 0 bridgehead atoms. The molecule has 0 saturated heterocycles. The molecule has 0 unspecified atom stereocenters. The number of nitrogens with two attached hydrogens (primary N) is 1. The molecule has 7 heteroatoms. The van der Waals surface area contributed by atoms with Gasteiger partial charge in [0.25, 0.3) is 0 Å². The number of hydrogen-bond acceptors (Lipinski definition) is 6. The van der Waals surface area contributed by atoms with Crippen LogP contribution in [0.3, 0.4) is 0 Å². The van der Waals surface area contributed by atoms with Gasteiger partial charge in [-0.2, -0.15) is 0 Å². The summed E-state index contributed by atoms with van der Waals surface area (Å²) in [6.45, 7) is 0.390. The Labute approximate surface area is 98.2 Å². The van der Waals surface area contributed by atoms with Crippen LogP contribution in [0.15, 0.2) is 12.4 Å². The van der Waals surface area contributed by atoms with E-state index in [1.54, 1.807) is 0 Å². The molecule has 0 aliphatic carbocycles. The highest BCUT2D eigenvalue weighted by Crippen LogP contribution is 2.07. The Kier molecular flexibility index (Phi) is 4.59. The third-order valence-corrected chi connectivity index (χ3v) is 1.97. The molecular weight excluding hydrogens is 228 g/mol. The Morgan fingerprint density at radius 1 is 1.56 bits per heavy atom. The average Bonchev–Trinajstić information content (AvgIpc) is 2.29.